The molecule has 0 saturated carbocycles. The fraction of sp³-hybridized carbons (Fsp3) is 0.300. The van der Waals surface area contributed by atoms with Crippen LogP contribution in [0.4, 0.5) is 4.39 Å². The number of aryl methyl sites for hydroxylation is 1. The van der Waals surface area contributed by atoms with Crippen molar-refractivity contribution < 1.29 is 18.7 Å². The number of H-pyrrole nitrogens is 1. The van der Waals surface area contributed by atoms with Crippen molar-refractivity contribution in [1.29, 1.82) is 0 Å². The van der Waals surface area contributed by atoms with Crippen LogP contribution >= 0.6 is 0 Å². The van der Waals surface area contributed by atoms with E-state index in [4.69, 9.17) is 9.47 Å². The predicted octanol–water partition coefficient (Wildman–Crippen LogP) is 3.06. The fourth-order valence-corrected chi connectivity index (χ4v) is 3.09. The summed E-state index contributed by atoms with van der Waals surface area (Å²) < 4.78 is 23.9. The maximum absolute atomic E-state index is 13.2. The van der Waals surface area contributed by atoms with E-state index in [1.165, 1.54) is 12.1 Å². The number of benzene rings is 2. The Labute approximate surface area is 155 Å². The fourth-order valence-electron chi connectivity index (χ4n) is 3.09. The number of hydrogen-bond donors (Lipinski definition) is 1. The van der Waals surface area contributed by atoms with Crippen LogP contribution in [0.5, 0.6) is 11.5 Å². The van der Waals surface area contributed by atoms with Gasteiger partial charge in [0.1, 0.15) is 11.6 Å². The smallest absolute Gasteiger partial charge is 0.231 e. The number of carbonyl (C=O) groups excluding carboxylic acids is 1. The summed E-state index contributed by atoms with van der Waals surface area (Å²) in [7, 11) is 1.78. The average Bonchev–Trinajstić information content (AvgIpc) is 3.29. The molecule has 2 aromatic carbocycles. The van der Waals surface area contributed by atoms with Gasteiger partial charge in [-0.1, -0.05) is 6.07 Å². The SMILES string of the molecule is CN(CCc1nc2ccc(F)cc2[nH]1)C(=O)CCc1ccc2c(c1)OCO2. The summed E-state index contributed by atoms with van der Waals surface area (Å²) in [6.45, 7) is 0.789. The lowest BCUT2D eigenvalue weighted by atomic mass is 10.1. The van der Waals surface area contributed by atoms with Crippen molar-refractivity contribution in [2.24, 2.45) is 0 Å². The van der Waals surface area contributed by atoms with Crippen molar-refractivity contribution in [1.82, 2.24) is 14.9 Å². The largest absolute Gasteiger partial charge is 0.454 e. The zero-order valence-corrected chi connectivity index (χ0v) is 15.0. The van der Waals surface area contributed by atoms with Crippen molar-refractivity contribution in [3.63, 3.8) is 0 Å². The number of likely N-dealkylation sites (N-methyl/N-ethyl adjacent to an activating group) is 1. The van der Waals surface area contributed by atoms with Crippen LogP contribution < -0.4 is 9.47 Å². The van der Waals surface area contributed by atoms with Gasteiger partial charge in [-0.3, -0.25) is 4.79 Å². The number of halogens is 1. The number of fused-ring (bicyclic) bond motifs is 2. The van der Waals surface area contributed by atoms with E-state index in [0.29, 0.717) is 31.3 Å². The molecule has 1 aromatic heterocycles. The summed E-state index contributed by atoms with van der Waals surface area (Å²) in [4.78, 5) is 21.6. The first-order chi connectivity index (χ1) is 13.1. The Bertz CT molecular complexity index is 986. The molecule has 0 saturated heterocycles. The summed E-state index contributed by atoms with van der Waals surface area (Å²) in [5.41, 5.74) is 2.44. The van der Waals surface area contributed by atoms with E-state index in [9.17, 15) is 9.18 Å². The monoisotopic (exact) mass is 369 g/mol. The van der Waals surface area contributed by atoms with E-state index in [1.807, 2.05) is 18.2 Å². The number of ether oxygens (including phenoxy) is 2. The maximum Gasteiger partial charge on any atom is 0.231 e. The molecule has 0 unspecified atom stereocenters. The molecule has 6 nitrogen and oxygen atoms in total. The minimum atomic E-state index is -0.298. The van der Waals surface area contributed by atoms with Crippen molar-refractivity contribution in [3.8, 4) is 11.5 Å². The number of imidazole rings is 1. The van der Waals surface area contributed by atoms with Gasteiger partial charge in [-0.2, -0.15) is 0 Å². The highest BCUT2D eigenvalue weighted by molar-refractivity contribution is 5.76. The second-order valence-electron chi connectivity index (χ2n) is 6.60. The number of amides is 1. The van der Waals surface area contributed by atoms with Gasteiger partial charge in [0, 0.05) is 26.4 Å². The first-order valence-electron chi connectivity index (χ1n) is 8.85. The lowest BCUT2D eigenvalue weighted by Crippen LogP contribution is -2.29. The lowest BCUT2D eigenvalue weighted by Gasteiger charge is -2.16. The molecule has 0 spiro atoms. The van der Waals surface area contributed by atoms with Gasteiger partial charge in [0.25, 0.3) is 0 Å². The zero-order valence-electron chi connectivity index (χ0n) is 15.0. The summed E-state index contributed by atoms with van der Waals surface area (Å²) in [5.74, 6) is 1.98. The summed E-state index contributed by atoms with van der Waals surface area (Å²) >= 11 is 0. The third kappa shape index (κ3) is 3.86. The highest BCUT2D eigenvalue weighted by atomic mass is 19.1. The van der Waals surface area contributed by atoms with E-state index < -0.39 is 0 Å². The number of carbonyl (C=O) groups is 1. The molecule has 0 radical (unpaired) electrons. The predicted molar refractivity (Wildman–Crippen MR) is 98.3 cm³/mol. The van der Waals surface area contributed by atoms with Gasteiger partial charge in [0.2, 0.25) is 12.7 Å². The average molecular weight is 369 g/mol. The van der Waals surface area contributed by atoms with Crippen molar-refractivity contribution >= 4 is 16.9 Å². The van der Waals surface area contributed by atoms with Crippen LogP contribution in [-0.2, 0) is 17.6 Å². The molecule has 3 aromatic rings. The van der Waals surface area contributed by atoms with Gasteiger partial charge in [-0.25, -0.2) is 9.37 Å². The normalized spacial score (nSPS) is 12.5. The molecule has 0 bridgehead atoms. The van der Waals surface area contributed by atoms with Crippen LogP contribution in [0.1, 0.15) is 17.8 Å². The van der Waals surface area contributed by atoms with E-state index in [-0.39, 0.29) is 18.5 Å². The molecule has 1 aliphatic rings. The van der Waals surface area contributed by atoms with Gasteiger partial charge in [0.15, 0.2) is 11.5 Å². The van der Waals surface area contributed by atoms with Crippen molar-refractivity contribution in [2.45, 2.75) is 19.3 Å². The Balaban J connectivity index is 1.29. The molecule has 1 amide bonds. The van der Waals surface area contributed by atoms with Crippen molar-refractivity contribution in [3.05, 3.63) is 53.6 Å². The number of rotatable bonds is 6. The molecule has 1 N–H and O–H groups in total. The van der Waals surface area contributed by atoms with Gasteiger partial charge < -0.3 is 19.4 Å². The first-order valence-corrected chi connectivity index (χ1v) is 8.85. The molecular weight excluding hydrogens is 349 g/mol. The molecule has 7 heteroatoms. The topological polar surface area (TPSA) is 67.5 Å². The van der Waals surface area contributed by atoms with Crippen LogP contribution in [0.2, 0.25) is 0 Å². The molecule has 2 heterocycles. The molecule has 1 aliphatic heterocycles. The van der Waals surface area contributed by atoms with Crippen LogP contribution in [0.25, 0.3) is 11.0 Å². The molecule has 4 rings (SSSR count). The van der Waals surface area contributed by atoms with Crippen LogP contribution in [0.15, 0.2) is 36.4 Å². The first kappa shape index (κ1) is 17.3. The maximum atomic E-state index is 13.2. The Morgan fingerprint density at radius 1 is 1.19 bits per heavy atom. The third-order valence-electron chi connectivity index (χ3n) is 4.67. The van der Waals surface area contributed by atoms with Crippen molar-refractivity contribution in [2.75, 3.05) is 20.4 Å². The number of nitrogens with zero attached hydrogens (tertiary/aromatic N) is 2. The highest BCUT2D eigenvalue weighted by Gasteiger charge is 2.15. The Hall–Kier alpha value is -3.09. The Morgan fingerprint density at radius 3 is 2.93 bits per heavy atom. The standard InChI is InChI=1S/C20H20FN3O3/c1-24(9-8-19-22-15-5-4-14(21)11-16(15)23-19)20(25)7-3-13-2-6-17-18(10-13)27-12-26-17/h2,4-6,10-11H,3,7-9,12H2,1H3,(H,22,23). The minimum absolute atomic E-state index is 0.0647. The van der Waals surface area contributed by atoms with Crippen LogP contribution in [0.3, 0.4) is 0 Å². The van der Waals surface area contributed by atoms with Gasteiger partial charge in [-0.15, -0.1) is 0 Å². The number of nitrogens with one attached hydrogen (secondary N) is 1. The third-order valence-corrected chi connectivity index (χ3v) is 4.67. The zero-order chi connectivity index (χ0) is 18.8. The Kier molecular flexibility index (Phi) is 4.66. The molecule has 27 heavy (non-hydrogen) atoms. The number of aromatic nitrogens is 2. The summed E-state index contributed by atoms with van der Waals surface area (Å²) in [6.07, 6.45) is 1.65. The lowest BCUT2D eigenvalue weighted by molar-refractivity contribution is -0.129. The minimum Gasteiger partial charge on any atom is -0.454 e. The second-order valence-corrected chi connectivity index (χ2v) is 6.60. The van der Waals surface area contributed by atoms with E-state index >= 15 is 0 Å². The van der Waals surface area contributed by atoms with Gasteiger partial charge in [0.05, 0.1) is 11.0 Å². The summed E-state index contributed by atoms with van der Waals surface area (Å²) in [5, 5.41) is 0. The molecular formula is C20H20FN3O3. The van der Waals surface area contributed by atoms with E-state index in [1.54, 1.807) is 18.0 Å². The Morgan fingerprint density at radius 2 is 2.04 bits per heavy atom. The van der Waals surface area contributed by atoms with Gasteiger partial charge in [-0.05, 0) is 42.3 Å². The van der Waals surface area contributed by atoms with Crippen LogP contribution in [-0.4, -0.2) is 41.2 Å². The molecule has 0 aliphatic carbocycles. The molecule has 140 valence electrons. The number of hydrogen-bond acceptors (Lipinski definition) is 4. The summed E-state index contributed by atoms with van der Waals surface area (Å²) in [6, 6.07) is 10.2. The second kappa shape index (κ2) is 7.26. The van der Waals surface area contributed by atoms with Gasteiger partial charge >= 0.3 is 0 Å². The van der Waals surface area contributed by atoms with Crippen LogP contribution in [0, 0.1) is 5.82 Å². The number of aromatic amines is 1. The quantitative estimate of drug-likeness (QED) is 0.725. The highest BCUT2D eigenvalue weighted by Crippen LogP contribution is 2.32. The molecule has 0 atom stereocenters. The molecule has 0 fully saturated rings. The van der Waals surface area contributed by atoms with E-state index in [2.05, 4.69) is 9.97 Å². The van der Waals surface area contributed by atoms with E-state index in [0.717, 1.165) is 28.4 Å².